The van der Waals surface area contributed by atoms with E-state index >= 15 is 0 Å². The normalized spacial score (nSPS) is 20.8. The number of hydrogen-bond donors (Lipinski definition) is 2. The number of methoxy groups -OCH3 is 1. The Morgan fingerprint density at radius 1 is 1.12 bits per heavy atom. The molecule has 1 aromatic carbocycles. The fraction of sp³-hybridized carbons (Fsp3) is 0.500. The first kappa shape index (κ1) is 16.3. The summed E-state index contributed by atoms with van der Waals surface area (Å²) in [6.07, 6.45) is 7.45. The molecule has 5 heteroatoms. The highest BCUT2D eigenvalue weighted by Crippen LogP contribution is 2.34. The first-order valence-corrected chi connectivity index (χ1v) is 9.29. The van der Waals surface area contributed by atoms with E-state index in [9.17, 15) is 0 Å². The number of benzene rings is 1. The lowest BCUT2D eigenvalue weighted by atomic mass is 9.87. The van der Waals surface area contributed by atoms with Gasteiger partial charge in [-0.05, 0) is 68.5 Å². The van der Waals surface area contributed by atoms with Crippen molar-refractivity contribution in [1.82, 2.24) is 15.3 Å². The van der Waals surface area contributed by atoms with Gasteiger partial charge in [-0.25, -0.2) is 9.97 Å². The number of nitrogens with zero attached hydrogens (tertiary/aromatic N) is 2. The van der Waals surface area contributed by atoms with Crippen molar-refractivity contribution in [3.8, 4) is 5.75 Å². The van der Waals surface area contributed by atoms with Crippen LogP contribution < -0.4 is 15.4 Å². The second-order valence-corrected chi connectivity index (χ2v) is 7.01. The lowest BCUT2D eigenvalue weighted by Gasteiger charge is -2.28. The lowest BCUT2D eigenvalue weighted by molar-refractivity contribution is 0.413. The van der Waals surface area contributed by atoms with E-state index in [4.69, 9.17) is 4.74 Å². The van der Waals surface area contributed by atoms with Crippen molar-refractivity contribution in [1.29, 1.82) is 0 Å². The minimum atomic E-state index is 0.311. The molecule has 0 bridgehead atoms. The molecule has 1 atom stereocenters. The maximum Gasteiger partial charge on any atom is 0.130 e. The fourth-order valence-corrected chi connectivity index (χ4v) is 4.04. The van der Waals surface area contributed by atoms with Crippen LogP contribution in [0.5, 0.6) is 5.75 Å². The third kappa shape index (κ3) is 3.61. The van der Waals surface area contributed by atoms with E-state index < -0.39 is 0 Å². The molecule has 25 heavy (non-hydrogen) atoms. The minimum Gasteiger partial charge on any atom is -0.497 e. The average molecular weight is 338 g/mol. The van der Waals surface area contributed by atoms with Crippen LogP contribution in [0.2, 0.25) is 0 Å². The van der Waals surface area contributed by atoms with Crippen molar-refractivity contribution in [3.63, 3.8) is 0 Å². The summed E-state index contributed by atoms with van der Waals surface area (Å²) in [7, 11) is 1.73. The smallest absolute Gasteiger partial charge is 0.130 e. The molecule has 0 spiro atoms. The van der Waals surface area contributed by atoms with Gasteiger partial charge < -0.3 is 15.4 Å². The molecule has 0 saturated carbocycles. The first-order chi connectivity index (χ1) is 12.3. The summed E-state index contributed by atoms with van der Waals surface area (Å²) in [5.41, 5.74) is 3.93. The summed E-state index contributed by atoms with van der Waals surface area (Å²) in [5.74, 6) is 2.43. The van der Waals surface area contributed by atoms with Crippen LogP contribution >= 0.6 is 0 Å². The summed E-state index contributed by atoms with van der Waals surface area (Å²) in [6, 6.07) is 8.88. The number of hydrogen-bond acceptors (Lipinski definition) is 5. The van der Waals surface area contributed by atoms with Crippen molar-refractivity contribution >= 4 is 5.82 Å². The van der Waals surface area contributed by atoms with E-state index in [2.05, 4.69) is 44.9 Å². The van der Waals surface area contributed by atoms with Crippen molar-refractivity contribution in [2.75, 3.05) is 25.5 Å². The molecular formula is C20H26N4O. The quantitative estimate of drug-likeness (QED) is 0.894. The van der Waals surface area contributed by atoms with Crippen LogP contribution in [0.3, 0.4) is 0 Å². The highest BCUT2D eigenvalue weighted by Gasteiger charge is 2.22. The maximum absolute atomic E-state index is 5.37. The van der Waals surface area contributed by atoms with Gasteiger partial charge in [0.1, 0.15) is 17.9 Å². The zero-order valence-corrected chi connectivity index (χ0v) is 14.8. The monoisotopic (exact) mass is 338 g/mol. The number of piperidine rings is 1. The molecule has 5 nitrogen and oxygen atoms in total. The molecule has 1 saturated heterocycles. The zero-order chi connectivity index (χ0) is 17.1. The SMILES string of the molecule is COc1ccc2c(c1)CCC[C@@H]2Nc1cc(C2CCNCC2)ncn1. The number of rotatable bonds is 4. The molecule has 132 valence electrons. The Hall–Kier alpha value is -2.14. The number of aryl methyl sites for hydroxylation is 1. The predicted molar refractivity (Wildman–Crippen MR) is 99.2 cm³/mol. The third-order valence-corrected chi connectivity index (χ3v) is 5.43. The Morgan fingerprint density at radius 2 is 2.00 bits per heavy atom. The summed E-state index contributed by atoms with van der Waals surface area (Å²) >= 11 is 0. The molecule has 2 N–H and O–H groups in total. The standard InChI is InChI=1S/C20H26N4O/c1-25-16-5-6-17-15(11-16)3-2-4-18(17)24-20-12-19(22-13-23-20)14-7-9-21-10-8-14/h5-6,11-14,18,21H,2-4,7-10H2,1H3,(H,22,23,24)/t18-/m0/s1. The van der Waals surface area contributed by atoms with Gasteiger partial charge in [0.15, 0.2) is 0 Å². The first-order valence-electron chi connectivity index (χ1n) is 9.29. The van der Waals surface area contributed by atoms with Crippen LogP contribution in [-0.4, -0.2) is 30.2 Å². The van der Waals surface area contributed by atoms with Crippen LogP contribution in [0.4, 0.5) is 5.82 Å². The predicted octanol–water partition coefficient (Wildman–Crippen LogP) is 3.44. The van der Waals surface area contributed by atoms with Crippen molar-refractivity contribution in [3.05, 3.63) is 47.4 Å². The lowest BCUT2D eigenvalue weighted by Crippen LogP contribution is -2.27. The number of aromatic nitrogens is 2. The average Bonchev–Trinajstić information content (AvgIpc) is 2.69. The van der Waals surface area contributed by atoms with Gasteiger partial charge in [-0.3, -0.25) is 0 Å². The highest BCUT2D eigenvalue weighted by molar-refractivity contribution is 5.45. The van der Waals surface area contributed by atoms with Crippen LogP contribution in [-0.2, 0) is 6.42 Å². The van der Waals surface area contributed by atoms with E-state index in [1.54, 1.807) is 13.4 Å². The molecule has 1 aliphatic heterocycles. The van der Waals surface area contributed by atoms with Crippen molar-refractivity contribution in [2.24, 2.45) is 0 Å². The largest absolute Gasteiger partial charge is 0.497 e. The molecule has 2 aromatic rings. The second-order valence-electron chi connectivity index (χ2n) is 7.01. The Labute approximate surface area is 149 Å². The number of anilines is 1. The van der Waals surface area contributed by atoms with Crippen LogP contribution in [0, 0.1) is 0 Å². The van der Waals surface area contributed by atoms with Crippen LogP contribution in [0.15, 0.2) is 30.6 Å². The number of nitrogens with one attached hydrogen (secondary N) is 2. The molecule has 1 aliphatic carbocycles. The van der Waals surface area contributed by atoms with E-state index in [-0.39, 0.29) is 0 Å². The molecule has 2 aliphatic rings. The summed E-state index contributed by atoms with van der Waals surface area (Å²) in [6.45, 7) is 2.16. The Kier molecular flexibility index (Phi) is 4.83. The third-order valence-electron chi connectivity index (χ3n) is 5.43. The van der Waals surface area contributed by atoms with Gasteiger partial charge in [0.2, 0.25) is 0 Å². The minimum absolute atomic E-state index is 0.311. The van der Waals surface area contributed by atoms with E-state index in [0.29, 0.717) is 12.0 Å². The molecule has 2 heterocycles. The van der Waals surface area contributed by atoms with Gasteiger partial charge in [-0.2, -0.15) is 0 Å². The Morgan fingerprint density at radius 3 is 2.84 bits per heavy atom. The molecule has 0 amide bonds. The van der Waals surface area contributed by atoms with Crippen LogP contribution in [0.25, 0.3) is 0 Å². The number of ether oxygens (including phenoxy) is 1. The zero-order valence-electron chi connectivity index (χ0n) is 14.8. The topological polar surface area (TPSA) is 59.1 Å². The van der Waals surface area contributed by atoms with E-state index in [1.807, 2.05) is 0 Å². The van der Waals surface area contributed by atoms with Crippen molar-refractivity contribution in [2.45, 2.75) is 44.1 Å². The number of fused-ring (bicyclic) bond motifs is 1. The second kappa shape index (κ2) is 7.40. The molecule has 0 radical (unpaired) electrons. The molecule has 4 rings (SSSR count). The molecule has 0 unspecified atom stereocenters. The highest BCUT2D eigenvalue weighted by atomic mass is 16.5. The Balaban J connectivity index is 1.53. The van der Waals surface area contributed by atoms with Crippen LogP contribution in [0.1, 0.15) is 54.5 Å². The summed E-state index contributed by atoms with van der Waals surface area (Å²) < 4.78 is 5.37. The van der Waals surface area contributed by atoms with Gasteiger partial charge in [-0.1, -0.05) is 6.07 Å². The van der Waals surface area contributed by atoms with Gasteiger partial charge in [0.05, 0.1) is 13.2 Å². The van der Waals surface area contributed by atoms with E-state index in [0.717, 1.165) is 50.3 Å². The Bertz CT molecular complexity index is 727. The molecule has 1 aromatic heterocycles. The fourth-order valence-electron chi connectivity index (χ4n) is 4.04. The summed E-state index contributed by atoms with van der Waals surface area (Å²) in [5, 5.41) is 7.06. The van der Waals surface area contributed by atoms with Gasteiger partial charge in [-0.15, -0.1) is 0 Å². The van der Waals surface area contributed by atoms with Gasteiger partial charge in [0.25, 0.3) is 0 Å². The van der Waals surface area contributed by atoms with Gasteiger partial charge in [0, 0.05) is 17.7 Å². The summed E-state index contributed by atoms with van der Waals surface area (Å²) in [4.78, 5) is 9.00. The van der Waals surface area contributed by atoms with Crippen molar-refractivity contribution < 1.29 is 4.74 Å². The van der Waals surface area contributed by atoms with E-state index in [1.165, 1.54) is 23.2 Å². The molecular weight excluding hydrogens is 312 g/mol. The maximum atomic E-state index is 5.37. The van der Waals surface area contributed by atoms with Gasteiger partial charge >= 0.3 is 0 Å². The molecule has 1 fully saturated rings.